The number of rotatable bonds is 7. The third-order valence-electron chi connectivity index (χ3n) is 4.52. The van der Waals surface area contributed by atoms with E-state index >= 15 is 0 Å². The molecule has 0 unspecified atom stereocenters. The minimum Gasteiger partial charge on any atom is -0.494 e. The third-order valence-corrected chi connectivity index (χ3v) is 5.05. The van der Waals surface area contributed by atoms with Crippen molar-refractivity contribution in [3.05, 3.63) is 53.0 Å². The Morgan fingerprint density at radius 2 is 1.89 bits per heavy atom. The molecule has 1 N–H and O–H groups in total. The molecule has 2 amide bonds. The van der Waals surface area contributed by atoms with Crippen LogP contribution in [-0.4, -0.2) is 25.0 Å². The molecule has 1 heterocycles. The molecule has 6 heteroatoms. The van der Waals surface area contributed by atoms with Gasteiger partial charge in [-0.3, -0.25) is 9.59 Å². The van der Waals surface area contributed by atoms with E-state index in [1.54, 1.807) is 4.90 Å². The first kappa shape index (κ1) is 19.4. The van der Waals surface area contributed by atoms with E-state index in [0.717, 1.165) is 28.8 Å². The normalized spacial score (nSPS) is 16.4. The molecule has 142 valence electrons. The number of halogens is 1. The van der Waals surface area contributed by atoms with Crippen molar-refractivity contribution in [2.75, 3.05) is 23.4 Å². The lowest BCUT2D eigenvalue weighted by Gasteiger charge is -2.17. The first-order valence-corrected chi connectivity index (χ1v) is 9.96. The quantitative estimate of drug-likeness (QED) is 0.651. The Labute approximate surface area is 167 Å². The van der Waals surface area contributed by atoms with Gasteiger partial charge in [0.2, 0.25) is 11.8 Å². The molecule has 5 nitrogen and oxygen atoms in total. The Morgan fingerprint density at radius 3 is 2.56 bits per heavy atom. The van der Waals surface area contributed by atoms with Crippen LogP contribution in [0.5, 0.6) is 5.75 Å². The molecule has 0 radical (unpaired) electrons. The molecule has 0 spiro atoms. The monoisotopic (exact) mass is 430 g/mol. The number of hydrogen-bond donors (Lipinski definition) is 1. The van der Waals surface area contributed by atoms with Crippen LogP contribution >= 0.6 is 15.9 Å². The Hall–Kier alpha value is -2.34. The highest BCUT2D eigenvalue weighted by Gasteiger charge is 2.35. The first-order chi connectivity index (χ1) is 13.1. The van der Waals surface area contributed by atoms with Crippen molar-refractivity contribution in [2.24, 2.45) is 5.92 Å². The van der Waals surface area contributed by atoms with Crippen LogP contribution in [0.25, 0.3) is 0 Å². The predicted molar refractivity (Wildman–Crippen MR) is 110 cm³/mol. The van der Waals surface area contributed by atoms with Gasteiger partial charge in [-0.1, -0.05) is 29.3 Å². The lowest BCUT2D eigenvalue weighted by Crippen LogP contribution is -2.28. The fourth-order valence-electron chi connectivity index (χ4n) is 2.97. The summed E-state index contributed by atoms with van der Waals surface area (Å²) in [5, 5.41) is 2.90. The van der Waals surface area contributed by atoms with E-state index in [0.29, 0.717) is 18.8 Å². The first-order valence-electron chi connectivity index (χ1n) is 9.16. The number of nitrogens with one attached hydrogen (secondary N) is 1. The fourth-order valence-corrected chi connectivity index (χ4v) is 3.23. The molecule has 1 aliphatic heterocycles. The molecular formula is C21H23BrN2O3. The van der Waals surface area contributed by atoms with Crippen LogP contribution < -0.4 is 15.0 Å². The summed E-state index contributed by atoms with van der Waals surface area (Å²) in [4.78, 5) is 26.5. The second-order valence-corrected chi connectivity index (χ2v) is 7.51. The topological polar surface area (TPSA) is 58.6 Å². The molecule has 0 bridgehead atoms. The Morgan fingerprint density at radius 1 is 1.19 bits per heavy atom. The van der Waals surface area contributed by atoms with Gasteiger partial charge in [0.15, 0.2) is 0 Å². The summed E-state index contributed by atoms with van der Waals surface area (Å²) in [5.74, 6) is 0.264. The molecule has 1 saturated heterocycles. The second-order valence-electron chi connectivity index (χ2n) is 6.60. The summed E-state index contributed by atoms with van der Waals surface area (Å²) in [7, 11) is 0. The average Bonchev–Trinajstić information content (AvgIpc) is 3.06. The molecular weight excluding hydrogens is 408 g/mol. The van der Waals surface area contributed by atoms with E-state index in [-0.39, 0.29) is 24.2 Å². The van der Waals surface area contributed by atoms with Crippen LogP contribution in [0, 0.1) is 5.92 Å². The SMILES string of the molecule is CCCCOc1ccc(NC(=O)[C@H]2CC(=O)N(c3ccc(Br)cc3)C2)cc1. The number of carbonyl (C=O) groups excluding carboxylic acids is 2. The molecule has 0 aliphatic carbocycles. The van der Waals surface area contributed by atoms with Gasteiger partial charge in [-0.25, -0.2) is 0 Å². The minimum atomic E-state index is -0.360. The Bertz CT molecular complexity index is 790. The third kappa shape index (κ3) is 5.10. The lowest BCUT2D eigenvalue weighted by molar-refractivity contribution is -0.122. The van der Waals surface area contributed by atoms with E-state index in [4.69, 9.17) is 4.74 Å². The standard InChI is InChI=1S/C21H23BrN2O3/c1-2-3-12-27-19-10-6-17(7-11-19)23-21(26)15-13-20(25)24(14-15)18-8-4-16(22)5-9-18/h4-11,15H,2-3,12-14H2,1H3,(H,23,26)/t15-/m0/s1. The molecule has 0 saturated carbocycles. The van der Waals surface area contributed by atoms with Gasteiger partial charge in [0.05, 0.1) is 12.5 Å². The summed E-state index contributed by atoms with van der Waals surface area (Å²) >= 11 is 3.39. The van der Waals surface area contributed by atoms with Gasteiger partial charge in [-0.05, 0) is 55.0 Å². The predicted octanol–water partition coefficient (Wildman–Crippen LogP) is 4.62. The molecule has 27 heavy (non-hydrogen) atoms. The summed E-state index contributed by atoms with van der Waals surface area (Å²) in [6, 6.07) is 14.9. The number of ether oxygens (including phenoxy) is 1. The van der Waals surface area contributed by atoms with Crippen LogP contribution in [0.1, 0.15) is 26.2 Å². The largest absolute Gasteiger partial charge is 0.494 e. The molecule has 1 aliphatic rings. The van der Waals surface area contributed by atoms with Crippen LogP contribution in [-0.2, 0) is 9.59 Å². The molecule has 3 rings (SSSR count). The maximum Gasteiger partial charge on any atom is 0.229 e. The zero-order chi connectivity index (χ0) is 19.2. The van der Waals surface area contributed by atoms with Crippen LogP contribution in [0.3, 0.4) is 0 Å². The highest BCUT2D eigenvalue weighted by atomic mass is 79.9. The van der Waals surface area contributed by atoms with Crippen LogP contribution in [0.4, 0.5) is 11.4 Å². The van der Waals surface area contributed by atoms with Crippen molar-refractivity contribution in [3.63, 3.8) is 0 Å². The van der Waals surface area contributed by atoms with Crippen molar-refractivity contribution in [1.29, 1.82) is 0 Å². The van der Waals surface area contributed by atoms with E-state index in [9.17, 15) is 9.59 Å². The fraction of sp³-hybridized carbons (Fsp3) is 0.333. The van der Waals surface area contributed by atoms with Gasteiger partial charge < -0.3 is 15.0 Å². The number of anilines is 2. The van der Waals surface area contributed by atoms with Crippen LogP contribution in [0.2, 0.25) is 0 Å². The highest BCUT2D eigenvalue weighted by Crippen LogP contribution is 2.27. The molecule has 2 aromatic carbocycles. The summed E-state index contributed by atoms with van der Waals surface area (Å²) in [5.41, 5.74) is 1.52. The lowest BCUT2D eigenvalue weighted by atomic mass is 10.1. The second kappa shape index (κ2) is 9.04. The average molecular weight is 431 g/mol. The number of carbonyl (C=O) groups is 2. The van der Waals surface area contributed by atoms with E-state index in [1.807, 2.05) is 48.5 Å². The number of benzene rings is 2. The number of nitrogens with zero attached hydrogens (tertiary/aromatic N) is 1. The Balaban J connectivity index is 1.57. The molecule has 2 aromatic rings. The van der Waals surface area contributed by atoms with Gasteiger partial charge in [0.1, 0.15) is 5.75 Å². The van der Waals surface area contributed by atoms with Gasteiger partial charge in [-0.2, -0.15) is 0 Å². The summed E-state index contributed by atoms with van der Waals surface area (Å²) < 4.78 is 6.58. The summed E-state index contributed by atoms with van der Waals surface area (Å²) in [6.45, 7) is 3.20. The number of hydrogen-bond acceptors (Lipinski definition) is 3. The zero-order valence-corrected chi connectivity index (χ0v) is 16.9. The Kier molecular flexibility index (Phi) is 6.50. The maximum absolute atomic E-state index is 12.6. The number of unbranched alkanes of at least 4 members (excludes halogenated alkanes) is 1. The van der Waals surface area contributed by atoms with Crippen molar-refractivity contribution < 1.29 is 14.3 Å². The van der Waals surface area contributed by atoms with Gasteiger partial charge >= 0.3 is 0 Å². The molecule has 1 fully saturated rings. The van der Waals surface area contributed by atoms with Crippen molar-refractivity contribution in [3.8, 4) is 5.75 Å². The molecule has 0 aromatic heterocycles. The number of amides is 2. The highest BCUT2D eigenvalue weighted by molar-refractivity contribution is 9.10. The van der Waals surface area contributed by atoms with Crippen LogP contribution in [0.15, 0.2) is 53.0 Å². The van der Waals surface area contributed by atoms with E-state index in [1.165, 1.54) is 0 Å². The van der Waals surface area contributed by atoms with Gasteiger partial charge in [0.25, 0.3) is 0 Å². The van der Waals surface area contributed by atoms with E-state index < -0.39 is 0 Å². The van der Waals surface area contributed by atoms with Gasteiger partial charge in [-0.15, -0.1) is 0 Å². The summed E-state index contributed by atoms with van der Waals surface area (Å²) in [6.07, 6.45) is 2.33. The van der Waals surface area contributed by atoms with Crippen molar-refractivity contribution in [2.45, 2.75) is 26.2 Å². The molecule has 1 atom stereocenters. The smallest absolute Gasteiger partial charge is 0.229 e. The van der Waals surface area contributed by atoms with Crippen molar-refractivity contribution >= 4 is 39.1 Å². The zero-order valence-electron chi connectivity index (χ0n) is 15.3. The maximum atomic E-state index is 12.6. The van der Waals surface area contributed by atoms with Gasteiger partial charge in [0, 0.05) is 28.8 Å². The minimum absolute atomic E-state index is 0.0304. The van der Waals surface area contributed by atoms with E-state index in [2.05, 4.69) is 28.2 Å². The van der Waals surface area contributed by atoms with Crippen molar-refractivity contribution in [1.82, 2.24) is 0 Å².